The Morgan fingerprint density at radius 2 is 1.69 bits per heavy atom. The van der Waals surface area contributed by atoms with Crippen LogP contribution in [0.5, 0.6) is 0 Å². The van der Waals surface area contributed by atoms with Crippen molar-refractivity contribution < 1.29 is 17.8 Å². The molecule has 0 aliphatic rings. The van der Waals surface area contributed by atoms with Gasteiger partial charge in [0.2, 0.25) is 0 Å². The van der Waals surface area contributed by atoms with E-state index in [0.717, 1.165) is 6.42 Å². The van der Waals surface area contributed by atoms with Gasteiger partial charge in [0.1, 0.15) is 5.78 Å². The van der Waals surface area contributed by atoms with E-state index in [4.69, 9.17) is 4.55 Å². The number of hydrogen-bond donors (Lipinski definition) is 1. The van der Waals surface area contributed by atoms with Crippen molar-refractivity contribution in [1.82, 2.24) is 0 Å². The molecule has 0 aliphatic carbocycles. The van der Waals surface area contributed by atoms with E-state index in [2.05, 4.69) is 0 Å². The van der Waals surface area contributed by atoms with Crippen molar-refractivity contribution in [3.05, 3.63) is 0 Å². The van der Waals surface area contributed by atoms with Crippen molar-refractivity contribution in [2.75, 3.05) is 5.75 Å². The van der Waals surface area contributed by atoms with Gasteiger partial charge < -0.3 is 4.79 Å². The van der Waals surface area contributed by atoms with Crippen LogP contribution in [0.3, 0.4) is 0 Å². The quantitative estimate of drug-likeness (QED) is 0.717. The summed E-state index contributed by atoms with van der Waals surface area (Å²) in [5, 5.41) is 0. The van der Waals surface area contributed by atoms with Gasteiger partial charge in [0, 0.05) is 6.42 Å². The second kappa shape index (κ2) is 7.03. The van der Waals surface area contributed by atoms with Crippen LogP contribution in [0.1, 0.15) is 34.1 Å². The third kappa shape index (κ3) is 24.5. The lowest BCUT2D eigenvalue weighted by Crippen LogP contribution is -1.97. The number of hydrogen-bond acceptors (Lipinski definition) is 3. The van der Waals surface area contributed by atoms with E-state index in [-0.39, 0.29) is 11.5 Å². The highest BCUT2D eigenvalue weighted by molar-refractivity contribution is 7.85. The minimum atomic E-state index is -3.66. The SMILES string of the molecule is CC(=O)CC(C)C.CCS(=O)(=O)O. The predicted octanol–water partition coefficient (Wildman–Crippen LogP) is 1.52. The summed E-state index contributed by atoms with van der Waals surface area (Å²) in [5.74, 6) is 0.611. The van der Waals surface area contributed by atoms with Crippen molar-refractivity contribution >= 4 is 15.9 Å². The smallest absolute Gasteiger partial charge is 0.264 e. The molecule has 0 aromatic heterocycles. The summed E-state index contributed by atoms with van der Waals surface area (Å²) < 4.78 is 26.9. The molecule has 80 valence electrons. The van der Waals surface area contributed by atoms with Crippen LogP contribution in [-0.2, 0) is 14.9 Å². The molecule has 0 aliphatic heterocycles. The fraction of sp³-hybridized carbons (Fsp3) is 0.875. The topological polar surface area (TPSA) is 71.4 Å². The average Bonchev–Trinajstić information content (AvgIpc) is 1.84. The highest BCUT2D eigenvalue weighted by Gasteiger charge is 1.95. The lowest BCUT2D eigenvalue weighted by molar-refractivity contribution is -0.117. The molecule has 0 spiro atoms. The van der Waals surface area contributed by atoms with E-state index in [1.807, 2.05) is 13.8 Å². The molecule has 0 heterocycles. The zero-order valence-electron chi connectivity index (χ0n) is 8.57. The monoisotopic (exact) mass is 210 g/mol. The van der Waals surface area contributed by atoms with Crippen LogP contribution in [0.4, 0.5) is 0 Å². The van der Waals surface area contributed by atoms with Gasteiger partial charge in [-0.3, -0.25) is 4.55 Å². The summed E-state index contributed by atoms with van der Waals surface area (Å²) in [7, 11) is -3.66. The second-order valence-electron chi connectivity index (χ2n) is 3.17. The molecule has 0 unspecified atom stereocenters. The lowest BCUT2D eigenvalue weighted by atomic mass is 10.1. The Kier molecular flexibility index (Phi) is 8.15. The third-order valence-electron chi connectivity index (χ3n) is 1.06. The van der Waals surface area contributed by atoms with Crippen LogP contribution >= 0.6 is 0 Å². The van der Waals surface area contributed by atoms with Gasteiger partial charge in [-0.05, 0) is 19.8 Å². The summed E-state index contributed by atoms with van der Waals surface area (Å²) in [6, 6.07) is 0. The molecule has 0 aromatic rings. The first-order valence-electron chi connectivity index (χ1n) is 4.13. The third-order valence-corrected chi connectivity index (χ3v) is 1.79. The molecule has 0 rings (SSSR count). The van der Waals surface area contributed by atoms with E-state index in [9.17, 15) is 13.2 Å². The van der Waals surface area contributed by atoms with Crippen LogP contribution in [0.2, 0.25) is 0 Å². The first-order valence-corrected chi connectivity index (χ1v) is 5.74. The molecule has 0 fully saturated rings. The van der Waals surface area contributed by atoms with Crippen molar-refractivity contribution in [3.63, 3.8) is 0 Å². The Hall–Kier alpha value is -0.420. The van der Waals surface area contributed by atoms with E-state index in [1.165, 1.54) is 6.92 Å². The maximum absolute atomic E-state index is 10.3. The Balaban J connectivity index is 0. The highest BCUT2D eigenvalue weighted by Crippen LogP contribution is 1.97. The van der Waals surface area contributed by atoms with Gasteiger partial charge in [0.15, 0.2) is 0 Å². The predicted molar refractivity (Wildman–Crippen MR) is 52.2 cm³/mol. The maximum atomic E-state index is 10.3. The number of Topliss-reactive ketones (excluding diaryl/α,β-unsaturated/α-hetero) is 1. The number of carbonyl (C=O) groups is 1. The number of rotatable bonds is 3. The standard InChI is InChI=1S/C6H12O.C2H6O3S/c1-5(2)4-6(3)7;1-2-6(3,4)5/h5H,4H2,1-3H3;2H2,1H3,(H,3,4,5). The van der Waals surface area contributed by atoms with Gasteiger partial charge in [-0.2, -0.15) is 8.42 Å². The van der Waals surface area contributed by atoms with Crippen molar-refractivity contribution in [3.8, 4) is 0 Å². The molecule has 13 heavy (non-hydrogen) atoms. The molecular weight excluding hydrogens is 192 g/mol. The van der Waals surface area contributed by atoms with Gasteiger partial charge in [-0.1, -0.05) is 13.8 Å². The summed E-state index contributed by atoms with van der Waals surface area (Å²) in [5.41, 5.74) is 0. The van der Waals surface area contributed by atoms with Crippen molar-refractivity contribution in [2.24, 2.45) is 5.92 Å². The Morgan fingerprint density at radius 3 is 1.69 bits per heavy atom. The fourth-order valence-corrected chi connectivity index (χ4v) is 0.575. The van der Waals surface area contributed by atoms with Crippen molar-refractivity contribution in [2.45, 2.75) is 34.1 Å². The Bertz CT molecular complexity index is 229. The maximum Gasteiger partial charge on any atom is 0.264 e. The summed E-state index contributed by atoms with van der Waals surface area (Å²) in [4.78, 5) is 10.3. The van der Waals surface area contributed by atoms with Crippen LogP contribution < -0.4 is 0 Å². The molecular formula is C8H18O4S. The van der Waals surface area contributed by atoms with Gasteiger partial charge in [-0.15, -0.1) is 0 Å². The van der Waals surface area contributed by atoms with E-state index < -0.39 is 10.1 Å². The molecule has 4 nitrogen and oxygen atoms in total. The zero-order valence-corrected chi connectivity index (χ0v) is 9.39. The minimum absolute atomic E-state index is 0.201. The first kappa shape index (κ1) is 15.1. The minimum Gasteiger partial charge on any atom is -0.300 e. The van der Waals surface area contributed by atoms with Crippen LogP contribution in [0, 0.1) is 5.92 Å². The number of carbonyl (C=O) groups excluding carboxylic acids is 1. The molecule has 1 N–H and O–H groups in total. The largest absolute Gasteiger partial charge is 0.300 e. The Labute approximate surface area is 80.1 Å². The lowest BCUT2D eigenvalue weighted by Gasteiger charge is -1.95. The van der Waals surface area contributed by atoms with E-state index in [1.54, 1.807) is 6.92 Å². The van der Waals surface area contributed by atoms with Gasteiger partial charge >= 0.3 is 0 Å². The van der Waals surface area contributed by atoms with E-state index >= 15 is 0 Å². The molecule has 5 heteroatoms. The molecule has 0 radical (unpaired) electrons. The van der Waals surface area contributed by atoms with Gasteiger partial charge in [0.25, 0.3) is 10.1 Å². The summed E-state index contributed by atoms with van der Waals surface area (Å²) in [6.07, 6.45) is 0.722. The molecule has 0 amide bonds. The summed E-state index contributed by atoms with van der Waals surface area (Å²) >= 11 is 0. The fourth-order valence-electron chi connectivity index (χ4n) is 0.575. The summed E-state index contributed by atoms with van der Waals surface area (Å²) in [6.45, 7) is 7.08. The molecule has 0 saturated carbocycles. The first-order chi connectivity index (χ1) is 5.69. The van der Waals surface area contributed by atoms with E-state index in [0.29, 0.717) is 5.92 Å². The van der Waals surface area contributed by atoms with Crippen LogP contribution in [0.25, 0.3) is 0 Å². The van der Waals surface area contributed by atoms with Crippen molar-refractivity contribution in [1.29, 1.82) is 0 Å². The molecule has 0 saturated heterocycles. The second-order valence-corrected chi connectivity index (χ2v) is 4.91. The van der Waals surface area contributed by atoms with Crippen LogP contribution in [-0.4, -0.2) is 24.5 Å². The molecule has 0 atom stereocenters. The normalized spacial score (nSPS) is 10.6. The Morgan fingerprint density at radius 1 is 1.38 bits per heavy atom. The molecule has 0 aromatic carbocycles. The highest BCUT2D eigenvalue weighted by atomic mass is 32.2. The van der Waals surface area contributed by atoms with Gasteiger partial charge in [0.05, 0.1) is 5.75 Å². The zero-order chi connectivity index (χ0) is 11.1. The van der Waals surface area contributed by atoms with Crippen LogP contribution in [0.15, 0.2) is 0 Å². The average molecular weight is 210 g/mol. The molecule has 0 bridgehead atoms. The number of ketones is 1. The van der Waals surface area contributed by atoms with Gasteiger partial charge in [-0.25, -0.2) is 0 Å².